The first kappa shape index (κ1) is 11.5. The van der Waals surface area contributed by atoms with Crippen LogP contribution in [0.2, 0.25) is 0 Å². The Morgan fingerprint density at radius 1 is 0.867 bits per heavy atom. The predicted molar refractivity (Wildman–Crippen MR) is 66.9 cm³/mol. The van der Waals surface area contributed by atoms with Gasteiger partial charge in [-0.15, -0.1) is 0 Å². The van der Waals surface area contributed by atoms with Crippen molar-refractivity contribution in [2.45, 2.75) is 71.6 Å². The Kier molecular flexibility index (Phi) is 4.11. The summed E-state index contributed by atoms with van der Waals surface area (Å²) >= 11 is 0. The topological polar surface area (TPSA) is 0 Å². The molecule has 88 valence electrons. The molecule has 0 radical (unpaired) electrons. The molecule has 3 unspecified atom stereocenters. The summed E-state index contributed by atoms with van der Waals surface area (Å²) in [7, 11) is 0. The van der Waals surface area contributed by atoms with Crippen LogP contribution in [-0.4, -0.2) is 0 Å². The molecule has 2 saturated carbocycles. The molecule has 2 rings (SSSR count). The SMILES string of the molecule is CCC1CCC(CC2CC2)CCCC1C. The van der Waals surface area contributed by atoms with Crippen molar-refractivity contribution in [1.82, 2.24) is 0 Å². The second kappa shape index (κ2) is 5.37. The minimum Gasteiger partial charge on any atom is -0.0651 e. The van der Waals surface area contributed by atoms with Gasteiger partial charge in [-0.3, -0.25) is 0 Å². The van der Waals surface area contributed by atoms with E-state index in [-0.39, 0.29) is 0 Å². The van der Waals surface area contributed by atoms with Crippen molar-refractivity contribution in [2.75, 3.05) is 0 Å². The highest BCUT2D eigenvalue weighted by Crippen LogP contribution is 2.40. The lowest BCUT2D eigenvalue weighted by atomic mass is 9.77. The van der Waals surface area contributed by atoms with Crippen molar-refractivity contribution < 1.29 is 0 Å². The van der Waals surface area contributed by atoms with Crippen LogP contribution in [0.25, 0.3) is 0 Å². The van der Waals surface area contributed by atoms with Crippen molar-refractivity contribution in [1.29, 1.82) is 0 Å². The molecule has 0 bridgehead atoms. The minimum atomic E-state index is 0.997. The molecular formula is C15H28. The van der Waals surface area contributed by atoms with E-state index in [1.165, 1.54) is 32.1 Å². The summed E-state index contributed by atoms with van der Waals surface area (Å²) in [5.41, 5.74) is 0. The van der Waals surface area contributed by atoms with Crippen LogP contribution >= 0.6 is 0 Å². The van der Waals surface area contributed by atoms with E-state index in [9.17, 15) is 0 Å². The molecule has 0 spiro atoms. The molecule has 0 aromatic carbocycles. The maximum atomic E-state index is 2.48. The van der Waals surface area contributed by atoms with E-state index in [4.69, 9.17) is 0 Å². The predicted octanol–water partition coefficient (Wildman–Crippen LogP) is 5.03. The van der Waals surface area contributed by atoms with E-state index in [2.05, 4.69) is 13.8 Å². The lowest BCUT2D eigenvalue weighted by Gasteiger charge is -2.29. The lowest BCUT2D eigenvalue weighted by molar-refractivity contribution is 0.229. The monoisotopic (exact) mass is 208 g/mol. The van der Waals surface area contributed by atoms with Crippen LogP contribution in [0.1, 0.15) is 71.6 Å². The summed E-state index contributed by atoms with van der Waals surface area (Å²) in [4.78, 5) is 0. The second-order valence-electron chi connectivity index (χ2n) is 6.20. The number of rotatable bonds is 3. The van der Waals surface area contributed by atoms with Gasteiger partial charge in [0, 0.05) is 0 Å². The third kappa shape index (κ3) is 3.50. The molecule has 15 heavy (non-hydrogen) atoms. The minimum absolute atomic E-state index is 0.997. The Balaban J connectivity index is 1.79. The van der Waals surface area contributed by atoms with Crippen LogP contribution in [0.15, 0.2) is 0 Å². The van der Waals surface area contributed by atoms with E-state index in [1.807, 2.05) is 0 Å². The normalized spacial score (nSPS) is 38.4. The molecule has 0 saturated heterocycles. The number of hydrogen-bond acceptors (Lipinski definition) is 0. The largest absolute Gasteiger partial charge is 0.0651 e. The highest BCUT2D eigenvalue weighted by molar-refractivity contribution is 4.79. The second-order valence-corrected chi connectivity index (χ2v) is 6.20. The third-order valence-electron chi connectivity index (χ3n) is 4.91. The zero-order valence-electron chi connectivity index (χ0n) is 10.7. The Labute approximate surface area is 95.8 Å². The first-order valence-electron chi connectivity index (χ1n) is 7.29. The van der Waals surface area contributed by atoms with Crippen molar-refractivity contribution in [2.24, 2.45) is 23.7 Å². The molecule has 0 nitrogen and oxygen atoms in total. The molecule has 0 aromatic rings. The van der Waals surface area contributed by atoms with Gasteiger partial charge in [-0.05, 0) is 36.5 Å². The van der Waals surface area contributed by atoms with E-state index >= 15 is 0 Å². The summed E-state index contributed by atoms with van der Waals surface area (Å²) in [6.07, 6.45) is 13.7. The van der Waals surface area contributed by atoms with Gasteiger partial charge in [0.1, 0.15) is 0 Å². The van der Waals surface area contributed by atoms with E-state index in [0.29, 0.717) is 0 Å². The molecule has 2 aliphatic rings. The van der Waals surface area contributed by atoms with Gasteiger partial charge in [0.05, 0.1) is 0 Å². The number of hydrogen-bond donors (Lipinski definition) is 0. The highest BCUT2D eigenvalue weighted by Gasteiger charge is 2.27. The molecule has 3 atom stereocenters. The van der Waals surface area contributed by atoms with Gasteiger partial charge < -0.3 is 0 Å². The van der Waals surface area contributed by atoms with E-state index in [1.54, 1.807) is 25.7 Å². The van der Waals surface area contributed by atoms with Gasteiger partial charge in [-0.2, -0.15) is 0 Å². The van der Waals surface area contributed by atoms with Crippen LogP contribution in [0.3, 0.4) is 0 Å². The van der Waals surface area contributed by atoms with Crippen LogP contribution in [-0.2, 0) is 0 Å². The van der Waals surface area contributed by atoms with Gasteiger partial charge in [0.2, 0.25) is 0 Å². The summed E-state index contributed by atoms with van der Waals surface area (Å²) in [6.45, 7) is 4.87. The van der Waals surface area contributed by atoms with Crippen molar-refractivity contribution in [3.05, 3.63) is 0 Å². The molecule has 0 aromatic heterocycles. The lowest BCUT2D eigenvalue weighted by Crippen LogP contribution is -2.17. The average molecular weight is 208 g/mol. The Bertz CT molecular complexity index is 180. The quantitative estimate of drug-likeness (QED) is 0.610. The first-order valence-corrected chi connectivity index (χ1v) is 7.29. The Hall–Kier alpha value is 0. The summed E-state index contributed by atoms with van der Waals surface area (Å²) in [5, 5.41) is 0. The van der Waals surface area contributed by atoms with Crippen LogP contribution in [0.4, 0.5) is 0 Å². The zero-order chi connectivity index (χ0) is 10.7. The van der Waals surface area contributed by atoms with Gasteiger partial charge in [-0.1, -0.05) is 58.8 Å². The van der Waals surface area contributed by atoms with Gasteiger partial charge >= 0.3 is 0 Å². The molecule has 2 fully saturated rings. The van der Waals surface area contributed by atoms with Crippen LogP contribution < -0.4 is 0 Å². The zero-order valence-corrected chi connectivity index (χ0v) is 10.7. The summed E-state index contributed by atoms with van der Waals surface area (Å²) < 4.78 is 0. The molecular weight excluding hydrogens is 180 g/mol. The van der Waals surface area contributed by atoms with Crippen molar-refractivity contribution >= 4 is 0 Å². The third-order valence-corrected chi connectivity index (χ3v) is 4.91. The summed E-state index contributed by atoms with van der Waals surface area (Å²) in [5.74, 6) is 4.27. The Morgan fingerprint density at radius 3 is 2.20 bits per heavy atom. The first-order chi connectivity index (χ1) is 7.29. The average Bonchev–Trinajstić information content (AvgIpc) is 2.99. The van der Waals surface area contributed by atoms with Gasteiger partial charge in [-0.25, -0.2) is 0 Å². The Morgan fingerprint density at radius 2 is 1.53 bits per heavy atom. The fraction of sp³-hybridized carbons (Fsp3) is 1.00. The maximum absolute atomic E-state index is 2.48. The summed E-state index contributed by atoms with van der Waals surface area (Å²) in [6, 6.07) is 0. The molecule has 2 aliphatic carbocycles. The highest BCUT2D eigenvalue weighted by atomic mass is 14.3. The van der Waals surface area contributed by atoms with Gasteiger partial charge in [0.15, 0.2) is 0 Å². The van der Waals surface area contributed by atoms with E-state index in [0.717, 1.165) is 23.7 Å². The van der Waals surface area contributed by atoms with Crippen LogP contribution in [0.5, 0.6) is 0 Å². The molecule has 0 heterocycles. The fourth-order valence-electron chi connectivity index (χ4n) is 3.51. The standard InChI is InChI=1S/C15H28/c1-3-15-10-9-13(11-14-7-8-14)6-4-5-12(15)2/h12-15H,3-11H2,1-2H3. The van der Waals surface area contributed by atoms with Gasteiger partial charge in [0.25, 0.3) is 0 Å². The van der Waals surface area contributed by atoms with Crippen molar-refractivity contribution in [3.8, 4) is 0 Å². The molecule has 0 amide bonds. The van der Waals surface area contributed by atoms with Crippen LogP contribution in [0, 0.1) is 23.7 Å². The van der Waals surface area contributed by atoms with E-state index < -0.39 is 0 Å². The fourth-order valence-corrected chi connectivity index (χ4v) is 3.51. The molecule has 0 N–H and O–H groups in total. The van der Waals surface area contributed by atoms with Crippen molar-refractivity contribution in [3.63, 3.8) is 0 Å². The maximum Gasteiger partial charge on any atom is -0.0391 e. The molecule has 0 heteroatoms. The molecule has 0 aliphatic heterocycles. The smallest absolute Gasteiger partial charge is 0.0391 e.